The molecule has 0 atom stereocenters. The molecular formula is C17H24N6S. The summed E-state index contributed by atoms with van der Waals surface area (Å²) in [5.74, 6) is 1.17. The number of piperazine rings is 1. The van der Waals surface area contributed by atoms with E-state index in [1.807, 2.05) is 17.1 Å². The van der Waals surface area contributed by atoms with E-state index in [2.05, 4.69) is 31.5 Å². The Bertz CT molecular complexity index is 729. The monoisotopic (exact) mass is 344 g/mol. The maximum absolute atomic E-state index is 5.66. The molecule has 0 bridgehead atoms. The zero-order chi connectivity index (χ0) is 16.4. The van der Waals surface area contributed by atoms with Gasteiger partial charge in [0.15, 0.2) is 4.77 Å². The predicted octanol–water partition coefficient (Wildman–Crippen LogP) is 2.32. The van der Waals surface area contributed by atoms with Crippen molar-refractivity contribution in [1.29, 1.82) is 0 Å². The van der Waals surface area contributed by atoms with Crippen LogP contribution < -0.4 is 4.90 Å². The van der Waals surface area contributed by atoms with Gasteiger partial charge in [-0.3, -0.25) is 9.88 Å². The van der Waals surface area contributed by atoms with Crippen LogP contribution in [0.1, 0.15) is 25.1 Å². The Morgan fingerprint density at radius 3 is 2.54 bits per heavy atom. The molecule has 2 aromatic rings. The lowest BCUT2D eigenvalue weighted by atomic mass is 10.2. The topological polar surface area (TPSA) is 42.1 Å². The first kappa shape index (κ1) is 15.8. The van der Waals surface area contributed by atoms with E-state index >= 15 is 0 Å². The molecule has 4 heterocycles. The summed E-state index contributed by atoms with van der Waals surface area (Å²) < 4.78 is 5.16. The van der Waals surface area contributed by atoms with Crippen LogP contribution in [0.2, 0.25) is 0 Å². The Hall–Kier alpha value is -1.73. The van der Waals surface area contributed by atoms with Crippen molar-refractivity contribution in [1.82, 2.24) is 24.2 Å². The van der Waals surface area contributed by atoms with E-state index in [0.29, 0.717) is 0 Å². The second-order valence-corrected chi connectivity index (χ2v) is 6.98. The molecule has 0 aromatic carbocycles. The van der Waals surface area contributed by atoms with Gasteiger partial charge in [-0.05, 0) is 37.2 Å². The highest BCUT2D eigenvalue weighted by Crippen LogP contribution is 2.17. The van der Waals surface area contributed by atoms with Crippen molar-refractivity contribution in [3.05, 3.63) is 35.1 Å². The van der Waals surface area contributed by atoms with E-state index < -0.39 is 0 Å². The number of rotatable bonds is 3. The van der Waals surface area contributed by atoms with Gasteiger partial charge in [0.05, 0.1) is 6.67 Å². The van der Waals surface area contributed by atoms with E-state index in [-0.39, 0.29) is 0 Å². The first-order valence-electron chi connectivity index (χ1n) is 8.85. The summed E-state index contributed by atoms with van der Waals surface area (Å²) in [6.45, 7) is 5.97. The molecule has 0 radical (unpaired) electrons. The van der Waals surface area contributed by atoms with E-state index in [1.165, 1.54) is 30.8 Å². The minimum Gasteiger partial charge on any atom is -0.369 e. The summed E-state index contributed by atoms with van der Waals surface area (Å²) in [4.78, 5) is 8.96. The number of anilines is 1. The smallest absolute Gasteiger partial charge is 0.199 e. The molecule has 1 fully saturated rings. The van der Waals surface area contributed by atoms with Crippen LogP contribution >= 0.6 is 12.2 Å². The molecule has 0 unspecified atom stereocenters. The van der Waals surface area contributed by atoms with Gasteiger partial charge in [0.25, 0.3) is 0 Å². The second-order valence-electron chi connectivity index (χ2n) is 6.61. The quantitative estimate of drug-likeness (QED) is 0.800. The van der Waals surface area contributed by atoms with Crippen molar-refractivity contribution < 1.29 is 0 Å². The molecule has 0 saturated carbocycles. The molecule has 0 N–H and O–H groups in total. The number of hydrogen-bond acceptors (Lipinski definition) is 5. The van der Waals surface area contributed by atoms with Crippen LogP contribution in [-0.4, -0.2) is 50.4 Å². The molecule has 2 aliphatic heterocycles. The third-order valence-electron chi connectivity index (χ3n) is 5.02. The number of hydrogen-bond donors (Lipinski definition) is 0. The summed E-state index contributed by atoms with van der Waals surface area (Å²) in [5, 5.41) is 4.79. The van der Waals surface area contributed by atoms with Gasteiger partial charge in [0, 0.05) is 57.2 Å². The zero-order valence-corrected chi connectivity index (χ0v) is 14.8. The highest BCUT2D eigenvalue weighted by atomic mass is 32.1. The summed E-state index contributed by atoms with van der Waals surface area (Å²) in [6, 6.07) is 4.16. The van der Waals surface area contributed by atoms with Crippen LogP contribution in [0.25, 0.3) is 0 Å². The fourth-order valence-corrected chi connectivity index (χ4v) is 3.90. The van der Waals surface area contributed by atoms with Gasteiger partial charge in [-0.15, -0.1) is 0 Å². The Labute approximate surface area is 147 Å². The lowest BCUT2D eigenvalue weighted by Gasteiger charge is -2.35. The van der Waals surface area contributed by atoms with Gasteiger partial charge in [0.2, 0.25) is 0 Å². The number of aryl methyl sites for hydroxylation is 1. The van der Waals surface area contributed by atoms with Crippen LogP contribution in [0, 0.1) is 4.77 Å². The van der Waals surface area contributed by atoms with Crippen LogP contribution in [0.5, 0.6) is 0 Å². The Morgan fingerprint density at radius 1 is 0.958 bits per heavy atom. The zero-order valence-electron chi connectivity index (χ0n) is 14.0. The van der Waals surface area contributed by atoms with Crippen LogP contribution in [0.4, 0.5) is 5.69 Å². The average Bonchev–Trinajstić information content (AvgIpc) is 2.79. The summed E-state index contributed by atoms with van der Waals surface area (Å²) in [7, 11) is 0. The predicted molar refractivity (Wildman–Crippen MR) is 96.6 cm³/mol. The van der Waals surface area contributed by atoms with Crippen LogP contribution in [0.3, 0.4) is 0 Å². The van der Waals surface area contributed by atoms with Gasteiger partial charge in [-0.2, -0.15) is 5.10 Å². The normalized spacial score (nSPS) is 19.1. The first-order valence-corrected chi connectivity index (χ1v) is 9.26. The fourth-order valence-electron chi connectivity index (χ4n) is 3.61. The number of aromatic nitrogens is 4. The largest absolute Gasteiger partial charge is 0.369 e. The SMILES string of the molecule is S=c1n(CN2CCN(c3ccncc3)CC2)nc2n1CCCCC2. The molecule has 24 heavy (non-hydrogen) atoms. The van der Waals surface area contributed by atoms with E-state index in [1.54, 1.807) is 0 Å². The highest BCUT2D eigenvalue weighted by Gasteiger charge is 2.19. The maximum Gasteiger partial charge on any atom is 0.199 e. The van der Waals surface area contributed by atoms with E-state index in [0.717, 1.165) is 50.6 Å². The fraction of sp³-hybridized carbons (Fsp3) is 0.588. The average molecular weight is 344 g/mol. The van der Waals surface area contributed by atoms with Crippen molar-refractivity contribution in [3.8, 4) is 0 Å². The lowest BCUT2D eigenvalue weighted by Crippen LogP contribution is -2.47. The van der Waals surface area contributed by atoms with Crippen LogP contribution in [-0.2, 0) is 19.6 Å². The molecule has 1 saturated heterocycles. The van der Waals surface area contributed by atoms with Gasteiger partial charge >= 0.3 is 0 Å². The molecule has 7 heteroatoms. The Balaban J connectivity index is 1.40. The molecule has 0 amide bonds. The molecule has 128 valence electrons. The van der Waals surface area contributed by atoms with Crippen molar-refractivity contribution >= 4 is 17.9 Å². The van der Waals surface area contributed by atoms with Crippen molar-refractivity contribution in [2.45, 2.75) is 38.9 Å². The van der Waals surface area contributed by atoms with Crippen LogP contribution in [0.15, 0.2) is 24.5 Å². The third-order valence-corrected chi connectivity index (χ3v) is 5.45. The maximum atomic E-state index is 5.66. The minimum atomic E-state index is 0.809. The summed E-state index contributed by atoms with van der Waals surface area (Å²) >= 11 is 5.66. The van der Waals surface area contributed by atoms with Crippen molar-refractivity contribution in [2.75, 3.05) is 31.1 Å². The number of fused-ring (bicyclic) bond motifs is 1. The van der Waals surface area contributed by atoms with E-state index in [4.69, 9.17) is 17.3 Å². The Morgan fingerprint density at radius 2 is 1.75 bits per heavy atom. The first-order chi connectivity index (χ1) is 11.8. The third kappa shape index (κ3) is 3.23. The number of nitrogens with zero attached hydrogens (tertiary/aromatic N) is 6. The standard InChI is InChI=1S/C17H24N6S/c24-17-22-9-3-1-2-4-16(22)19-23(17)14-20-10-12-21(13-11-20)15-5-7-18-8-6-15/h5-8H,1-4,9-14H2. The molecule has 2 aliphatic rings. The summed E-state index contributed by atoms with van der Waals surface area (Å²) in [6.07, 6.45) is 8.52. The van der Waals surface area contributed by atoms with Gasteiger partial charge in [-0.1, -0.05) is 6.42 Å². The molecular weight excluding hydrogens is 320 g/mol. The van der Waals surface area contributed by atoms with Gasteiger partial charge in [0.1, 0.15) is 5.82 Å². The molecule has 0 spiro atoms. The lowest BCUT2D eigenvalue weighted by molar-refractivity contribution is 0.193. The Kier molecular flexibility index (Phi) is 4.62. The van der Waals surface area contributed by atoms with Crippen molar-refractivity contribution in [2.24, 2.45) is 0 Å². The molecule has 6 nitrogen and oxygen atoms in total. The van der Waals surface area contributed by atoms with E-state index in [9.17, 15) is 0 Å². The molecule has 2 aromatic heterocycles. The van der Waals surface area contributed by atoms with Gasteiger partial charge < -0.3 is 9.47 Å². The van der Waals surface area contributed by atoms with Crippen molar-refractivity contribution in [3.63, 3.8) is 0 Å². The number of pyridine rings is 1. The second kappa shape index (κ2) is 7.03. The summed E-state index contributed by atoms with van der Waals surface area (Å²) in [5.41, 5.74) is 1.26. The highest BCUT2D eigenvalue weighted by molar-refractivity contribution is 7.71. The van der Waals surface area contributed by atoms with Gasteiger partial charge in [-0.25, -0.2) is 4.68 Å². The minimum absolute atomic E-state index is 0.809. The molecule has 4 rings (SSSR count). The molecule has 0 aliphatic carbocycles.